The second-order valence-electron chi connectivity index (χ2n) is 7.90. The molecule has 1 aliphatic rings. The molecule has 0 spiro atoms. The second-order valence-corrected chi connectivity index (χ2v) is 7.90. The summed E-state index contributed by atoms with van der Waals surface area (Å²) in [6, 6.07) is 6.01. The molecular formula is C24H29N7O3. The van der Waals surface area contributed by atoms with Gasteiger partial charge in [-0.25, -0.2) is 4.68 Å². The molecular weight excluding hydrogens is 434 g/mol. The number of aromatic amines is 1. The molecule has 0 unspecified atom stereocenters. The Morgan fingerprint density at radius 3 is 2.97 bits per heavy atom. The van der Waals surface area contributed by atoms with Crippen molar-refractivity contribution in [2.45, 2.75) is 13.8 Å². The summed E-state index contributed by atoms with van der Waals surface area (Å²) in [7, 11) is 1.84. The van der Waals surface area contributed by atoms with E-state index < -0.39 is 0 Å². The molecule has 1 amide bonds. The number of rotatable bonds is 3. The van der Waals surface area contributed by atoms with E-state index in [2.05, 4.69) is 31.7 Å². The number of aliphatic imine (C=N–C) groups is 1. The average molecular weight is 464 g/mol. The first-order chi connectivity index (χ1) is 16.5. The fourth-order valence-corrected chi connectivity index (χ4v) is 3.74. The lowest BCUT2D eigenvalue weighted by molar-refractivity contribution is -0.119. The largest absolute Gasteiger partial charge is 0.475 e. The number of hydrogen-bond donors (Lipinski definition) is 3. The number of likely N-dealkylation sites (N-methyl/N-ethyl adjacent to an activating group) is 1. The second kappa shape index (κ2) is 10.3. The highest BCUT2D eigenvalue weighted by Crippen LogP contribution is 2.32. The molecule has 0 atom stereocenters. The van der Waals surface area contributed by atoms with Gasteiger partial charge in [0.2, 0.25) is 11.8 Å². The maximum atomic E-state index is 12.0. The highest BCUT2D eigenvalue weighted by Gasteiger charge is 2.16. The van der Waals surface area contributed by atoms with Crippen molar-refractivity contribution in [2.24, 2.45) is 17.8 Å². The van der Waals surface area contributed by atoms with Crippen molar-refractivity contribution in [1.29, 1.82) is 0 Å². The van der Waals surface area contributed by atoms with E-state index in [0.717, 1.165) is 27.7 Å². The van der Waals surface area contributed by atoms with Crippen LogP contribution in [0.1, 0.15) is 19.5 Å². The van der Waals surface area contributed by atoms with Gasteiger partial charge in [0.15, 0.2) is 0 Å². The fourth-order valence-electron chi connectivity index (χ4n) is 3.74. The van der Waals surface area contributed by atoms with E-state index in [1.165, 1.54) is 0 Å². The summed E-state index contributed by atoms with van der Waals surface area (Å²) in [6.45, 7) is 5.03. The van der Waals surface area contributed by atoms with Gasteiger partial charge in [0, 0.05) is 30.2 Å². The zero-order chi connectivity index (χ0) is 24.1. The smallest absolute Gasteiger partial charge is 0.241 e. The lowest BCUT2D eigenvalue weighted by Crippen LogP contribution is -2.26. The van der Waals surface area contributed by atoms with Gasteiger partial charge in [-0.15, -0.1) is 0 Å². The van der Waals surface area contributed by atoms with Crippen molar-refractivity contribution in [3.63, 3.8) is 0 Å². The third-order valence-corrected chi connectivity index (χ3v) is 5.42. The molecule has 1 aromatic carbocycles. The van der Waals surface area contributed by atoms with Crippen LogP contribution in [0.4, 0.5) is 0 Å². The van der Waals surface area contributed by atoms with Crippen molar-refractivity contribution in [3.8, 4) is 17.0 Å². The number of carbonyl (C=O) groups excluding carboxylic acids is 1. The first-order valence-electron chi connectivity index (χ1n) is 11.1. The van der Waals surface area contributed by atoms with E-state index in [0.29, 0.717) is 42.6 Å². The van der Waals surface area contributed by atoms with Crippen LogP contribution in [-0.4, -0.2) is 64.5 Å². The van der Waals surface area contributed by atoms with Crippen LogP contribution >= 0.6 is 0 Å². The van der Waals surface area contributed by atoms with E-state index in [4.69, 9.17) is 15.2 Å². The third kappa shape index (κ3) is 5.01. The van der Waals surface area contributed by atoms with Gasteiger partial charge in [0.25, 0.3) is 0 Å². The molecule has 0 radical (unpaired) electrons. The number of benzene rings is 1. The van der Waals surface area contributed by atoms with Crippen molar-refractivity contribution < 1.29 is 14.3 Å². The Kier molecular flexibility index (Phi) is 7.07. The quantitative estimate of drug-likeness (QED) is 0.545. The zero-order valence-electron chi connectivity index (χ0n) is 19.6. The van der Waals surface area contributed by atoms with Crippen molar-refractivity contribution >= 4 is 28.6 Å². The highest BCUT2D eigenvalue weighted by molar-refractivity contribution is 6.06. The Morgan fingerprint density at radius 1 is 1.32 bits per heavy atom. The number of ether oxygens (including phenoxy) is 2. The summed E-state index contributed by atoms with van der Waals surface area (Å²) in [4.78, 5) is 16.5. The van der Waals surface area contributed by atoms with Crippen LogP contribution in [0, 0.1) is 0 Å². The van der Waals surface area contributed by atoms with Gasteiger partial charge in [-0.2, -0.15) is 10.2 Å². The average Bonchev–Trinajstić information content (AvgIpc) is 3.39. The van der Waals surface area contributed by atoms with E-state index >= 15 is 0 Å². The minimum Gasteiger partial charge on any atom is -0.475 e. The number of nitrogens with zero attached hydrogens (tertiary/aromatic N) is 4. The Balaban J connectivity index is 1.77. The molecule has 178 valence electrons. The van der Waals surface area contributed by atoms with E-state index in [-0.39, 0.29) is 19.1 Å². The number of nitrogens with one attached hydrogen (secondary N) is 2. The summed E-state index contributed by atoms with van der Waals surface area (Å²) in [5, 5.41) is 15.6. The molecule has 0 fully saturated rings. The van der Waals surface area contributed by atoms with Gasteiger partial charge < -0.3 is 20.5 Å². The minimum atomic E-state index is -0.164. The molecule has 0 saturated heterocycles. The number of aromatic nitrogens is 4. The lowest BCUT2D eigenvalue weighted by atomic mass is 10.0. The topological polar surface area (TPSA) is 132 Å². The molecule has 1 aliphatic heterocycles. The molecule has 0 aliphatic carbocycles. The molecule has 4 N–H and O–H groups in total. The molecule has 3 aromatic rings. The van der Waals surface area contributed by atoms with Crippen LogP contribution < -0.4 is 15.8 Å². The molecule has 0 saturated carbocycles. The normalized spacial score (nSPS) is 18.1. The lowest BCUT2D eigenvalue weighted by Gasteiger charge is -2.12. The van der Waals surface area contributed by atoms with Gasteiger partial charge in [0.05, 0.1) is 41.9 Å². The maximum absolute atomic E-state index is 12.0. The van der Waals surface area contributed by atoms with Crippen LogP contribution in [0.25, 0.3) is 28.1 Å². The molecule has 34 heavy (non-hydrogen) atoms. The standard InChI is InChI=1S/C24H29N7O3/c1-4-26-23(32)13-27-22-14-33-9-10-34-24-19(12-28-31(24)3)16-5-7-20-18(11-16)21(30-29-20)8-6-17(22)15(2)25/h5-8,11-12H,4,9-10,13-14,25H2,1-3H3,(H,26,32)(H,29,30)/b8-6+,17-15-,27-22?. The molecule has 2 aromatic heterocycles. The molecule has 2 bridgehead atoms. The van der Waals surface area contributed by atoms with E-state index in [1.807, 2.05) is 38.3 Å². The monoisotopic (exact) mass is 463 g/mol. The van der Waals surface area contributed by atoms with Crippen molar-refractivity contribution in [1.82, 2.24) is 25.3 Å². The van der Waals surface area contributed by atoms with Crippen molar-refractivity contribution in [3.05, 3.63) is 47.4 Å². The first-order valence-corrected chi connectivity index (χ1v) is 11.1. The van der Waals surface area contributed by atoms with Crippen LogP contribution in [0.2, 0.25) is 0 Å². The SMILES string of the molecule is CCNC(=O)CN=C1COCCOc2c(cnn2C)-c2ccc3n[nH]c(c3c2)/C=C/C1=C(\C)N. The molecule has 10 heteroatoms. The number of hydrogen-bond acceptors (Lipinski definition) is 7. The third-order valence-electron chi connectivity index (χ3n) is 5.42. The Morgan fingerprint density at radius 2 is 2.18 bits per heavy atom. The Bertz CT molecular complexity index is 1280. The van der Waals surface area contributed by atoms with Crippen molar-refractivity contribution in [2.75, 3.05) is 32.9 Å². The summed E-state index contributed by atoms with van der Waals surface area (Å²) in [5.41, 5.74) is 11.6. The predicted octanol–water partition coefficient (Wildman–Crippen LogP) is 2.20. The van der Waals surface area contributed by atoms with Gasteiger partial charge in [0.1, 0.15) is 13.2 Å². The molecule has 3 heterocycles. The number of carbonyl (C=O) groups is 1. The van der Waals surface area contributed by atoms with Crippen LogP contribution in [0.15, 0.2) is 46.7 Å². The van der Waals surface area contributed by atoms with Gasteiger partial charge in [-0.1, -0.05) is 6.07 Å². The minimum absolute atomic E-state index is 0.0115. The van der Waals surface area contributed by atoms with Gasteiger partial charge >= 0.3 is 0 Å². The first kappa shape index (κ1) is 23.2. The number of nitrogens with two attached hydrogens (primary N) is 1. The summed E-state index contributed by atoms with van der Waals surface area (Å²) >= 11 is 0. The highest BCUT2D eigenvalue weighted by atomic mass is 16.5. The number of aryl methyl sites for hydroxylation is 1. The van der Waals surface area contributed by atoms with Crippen LogP contribution in [-0.2, 0) is 16.6 Å². The summed E-state index contributed by atoms with van der Waals surface area (Å²) in [5.74, 6) is 0.491. The number of amides is 1. The Labute approximate surface area is 197 Å². The van der Waals surface area contributed by atoms with E-state index in [9.17, 15) is 4.79 Å². The zero-order valence-corrected chi connectivity index (χ0v) is 19.6. The molecule has 4 rings (SSSR count). The van der Waals surface area contributed by atoms with Gasteiger partial charge in [-0.05, 0) is 43.7 Å². The predicted molar refractivity (Wildman–Crippen MR) is 132 cm³/mol. The van der Waals surface area contributed by atoms with Crippen LogP contribution in [0.5, 0.6) is 5.88 Å². The van der Waals surface area contributed by atoms with E-state index in [1.54, 1.807) is 17.8 Å². The van der Waals surface area contributed by atoms with Crippen LogP contribution in [0.3, 0.4) is 0 Å². The van der Waals surface area contributed by atoms with Gasteiger partial charge in [-0.3, -0.25) is 14.9 Å². The summed E-state index contributed by atoms with van der Waals surface area (Å²) < 4.78 is 13.6. The number of H-pyrrole nitrogens is 1. The maximum Gasteiger partial charge on any atom is 0.241 e. The number of allylic oxidation sites excluding steroid dienone is 2. The fraction of sp³-hybridized carbons (Fsp3) is 0.333. The Hall–Kier alpha value is -3.92. The number of fused-ring (bicyclic) bond motifs is 3. The summed E-state index contributed by atoms with van der Waals surface area (Å²) in [6.07, 6.45) is 5.57. The molecule has 10 nitrogen and oxygen atoms in total.